The van der Waals surface area contributed by atoms with E-state index in [2.05, 4.69) is 10.1 Å². The molecule has 8 nitrogen and oxygen atoms in total. The molecule has 1 aliphatic heterocycles. The van der Waals surface area contributed by atoms with Crippen molar-refractivity contribution in [1.82, 2.24) is 20.0 Å². The van der Waals surface area contributed by atoms with Crippen LogP contribution in [0.4, 0.5) is 19.0 Å². The number of halogens is 3. The van der Waals surface area contributed by atoms with Crippen molar-refractivity contribution in [3.63, 3.8) is 0 Å². The Morgan fingerprint density at radius 2 is 1.77 bits per heavy atom. The zero-order chi connectivity index (χ0) is 28.3. The summed E-state index contributed by atoms with van der Waals surface area (Å²) in [7, 11) is 0. The Morgan fingerprint density at radius 1 is 1.02 bits per heavy atom. The maximum Gasteiger partial charge on any atom is 0.416 e. The van der Waals surface area contributed by atoms with Crippen LogP contribution in [-0.4, -0.2) is 58.7 Å². The van der Waals surface area contributed by atoms with E-state index in [0.29, 0.717) is 56.2 Å². The van der Waals surface area contributed by atoms with Crippen LogP contribution in [0.15, 0.2) is 59.1 Å². The Kier molecular flexibility index (Phi) is 8.02. The van der Waals surface area contributed by atoms with Gasteiger partial charge in [-0.15, -0.1) is 0 Å². The molecule has 40 heavy (non-hydrogen) atoms. The summed E-state index contributed by atoms with van der Waals surface area (Å²) < 4.78 is 51.4. The van der Waals surface area contributed by atoms with E-state index in [4.69, 9.17) is 14.2 Å². The highest BCUT2D eigenvalue weighted by Crippen LogP contribution is 2.37. The minimum atomic E-state index is -4.49. The number of rotatable bonds is 8. The fourth-order valence-corrected chi connectivity index (χ4v) is 4.69. The molecule has 0 bridgehead atoms. The van der Waals surface area contributed by atoms with Crippen molar-refractivity contribution >= 4 is 22.8 Å². The van der Waals surface area contributed by atoms with Crippen LogP contribution in [0, 0.1) is 5.92 Å². The summed E-state index contributed by atoms with van der Waals surface area (Å²) >= 11 is 0. The third-order valence-electron chi connectivity index (χ3n) is 6.69. The van der Waals surface area contributed by atoms with Crippen LogP contribution >= 0.6 is 0 Å². The zero-order valence-corrected chi connectivity index (χ0v) is 22.3. The van der Waals surface area contributed by atoms with E-state index in [1.54, 1.807) is 11.0 Å². The highest BCUT2D eigenvalue weighted by Gasteiger charge is 2.32. The number of aromatic nitrogens is 3. The van der Waals surface area contributed by atoms with E-state index in [1.165, 1.54) is 6.07 Å². The van der Waals surface area contributed by atoms with Gasteiger partial charge in [0.1, 0.15) is 29.3 Å². The fraction of sp³-hybridized carbons (Fsp3) is 0.379. The predicted octanol–water partition coefficient (Wildman–Crippen LogP) is 5.37. The summed E-state index contributed by atoms with van der Waals surface area (Å²) in [5.74, 6) is 1.29. The molecule has 1 saturated heterocycles. The van der Waals surface area contributed by atoms with Gasteiger partial charge in [-0.3, -0.25) is 4.79 Å². The maximum atomic E-state index is 13.4. The second-order valence-electron chi connectivity index (χ2n) is 10.2. The van der Waals surface area contributed by atoms with Crippen molar-refractivity contribution in [2.75, 3.05) is 37.7 Å². The number of fused-ring (bicyclic) bond motifs is 1. The molecule has 0 atom stereocenters. The Morgan fingerprint density at radius 3 is 2.48 bits per heavy atom. The van der Waals surface area contributed by atoms with Gasteiger partial charge in [0.2, 0.25) is 5.91 Å². The molecule has 4 aromatic rings. The molecule has 1 aliphatic rings. The molecule has 2 aromatic heterocycles. The monoisotopic (exact) mass is 553 g/mol. The quantitative estimate of drug-likeness (QED) is 0.290. The van der Waals surface area contributed by atoms with Crippen molar-refractivity contribution in [1.29, 1.82) is 0 Å². The van der Waals surface area contributed by atoms with Crippen LogP contribution in [0.2, 0.25) is 0 Å². The molecule has 0 spiro atoms. The number of alkyl halides is 3. The average Bonchev–Trinajstić information content (AvgIpc) is 3.36. The van der Waals surface area contributed by atoms with Gasteiger partial charge < -0.3 is 19.1 Å². The van der Waals surface area contributed by atoms with Crippen molar-refractivity contribution < 1.29 is 27.2 Å². The number of benzene rings is 2. The van der Waals surface area contributed by atoms with Gasteiger partial charge in [0.25, 0.3) is 5.71 Å². The van der Waals surface area contributed by atoms with Crippen LogP contribution in [0.3, 0.4) is 0 Å². The first-order chi connectivity index (χ1) is 19.2. The fourth-order valence-electron chi connectivity index (χ4n) is 4.69. The SMILES string of the molecule is CC(C)Cc1nc(N2CCN(C(=O)COCc3ccccc3)CC2)c2c(-c3cccc(C(F)(F)F)c3)noc2n1. The highest BCUT2D eigenvalue weighted by molar-refractivity contribution is 5.98. The molecule has 2 aromatic carbocycles. The lowest BCUT2D eigenvalue weighted by atomic mass is 10.1. The van der Waals surface area contributed by atoms with Crippen LogP contribution in [0.25, 0.3) is 22.4 Å². The van der Waals surface area contributed by atoms with Crippen molar-refractivity contribution in [2.45, 2.75) is 33.1 Å². The van der Waals surface area contributed by atoms with Crippen molar-refractivity contribution in [3.8, 4) is 11.3 Å². The highest BCUT2D eigenvalue weighted by atomic mass is 19.4. The van der Waals surface area contributed by atoms with Crippen LogP contribution in [0.1, 0.15) is 30.8 Å². The van der Waals surface area contributed by atoms with E-state index in [0.717, 1.165) is 17.7 Å². The molecule has 0 unspecified atom stereocenters. The summed E-state index contributed by atoms with van der Waals surface area (Å²) in [4.78, 5) is 25.9. The van der Waals surface area contributed by atoms with Gasteiger partial charge in [-0.2, -0.15) is 18.2 Å². The van der Waals surface area contributed by atoms with Gasteiger partial charge in [-0.1, -0.05) is 61.5 Å². The molecule has 0 aliphatic carbocycles. The van der Waals surface area contributed by atoms with Crippen LogP contribution in [-0.2, 0) is 28.7 Å². The number of carbonyl (C=O) groups is 1. The number of anilines is 1. The van der Waals surface area contributed by atoms with Gasteiger partial charge in [0.05, 0.1) is 12.2 Å². The van der Waals surface area contributed by atoms with Gasteiger partial charge in [0, 0.05) is 38.2 Å². The van der Waals surface area contributed by atoms with E-state index < -0.39 is 11.7 Å². The van der Waals surface area contributed by atoms with Crippen molar-refractivity contribution in [3.05, 3.63) is 71.5 Å². The van der Waals surface area contributed by atoms with Crippen LogP contribution < -0.4 is 4.90 Å². The van der Waals surface area contributed by atoms with Crippen LogP contribution in [0.5, 0.6) is 0 Å². The predicted molar refractivity (Wildman–Crippen MR) is 143 cm³/mol. The van der Waals surface area contributed by atoms with Gasteiger partial charge in [-0.05, 0) is 23.6 Å². The molecule has 210 valence electrons. The Hall–Kier alpha value is -3.99. The lowest BCUT2D eigenvalue weighted by molar-refractivity contribution is -0.138. The molecular formula is C29H30F3N5O3. The summed E-state index contributed by atoms with van der Waals surface area (Å²) in [5, 5.41) is 4.57. The Balaban J connectivity index is 1.37. The second kappa shape index (κ2) is 11.6. The van der Waals surface area contributed by atoms with Gasteiger partial charge in [-0.25, -0.2) is 4.98 Å². The number of hydrogen-bond acceptors (Lipinski definition) is 7. The van der Waals surface area contributed by atoms with Gasteiger partial charge in [0.15, 0.2) is 0 Å². The molecule has 1 amide bonds. The molecule has 0 saturated carbocycles. The first kappa shape index (κ1) is 27.6. The molecule has 3 heterocycles. The third-order valence-corrected chi connectivity index (χ3v) is 6.69. The molecular weight excluding hydrogens is 523 g/mol. The number of amides is 1. The minimum Gasteiger partial charge on any atom is -0.367 e. The van der Waals surface area contributed by atoms with E-state index in [-0.39, 0.29) is 35.4 Å². The zero-order valence-electron chi connectivity index (χ0n) is 22.3. The number of carbonyl (C=O) groups excluding carboxylic acids is 1. The lowest BCUT2D eigenvalue weighted by Gasteiger charge is -2.35. The summed E-state index contributed by atoms with van der Waals surface area (Å²) in [6.45, 7) is 6.28. The molecule has 0 N–H and O–H groups in total. The van der Waals surface area contributed by atoms with E-state index in [9.17, 15) is 18.0 Å². The molecule has 11 heteroatoms. The topological polar surface area (TPSA) is 84.6 Å². The standard InChI is InChI=1S/C29H30F3N5O3/c1-19(2)15-23-33-27(25-26(35-40-28(25)34-23)21-9-6-10-22(16-21)29(30,31)32)37-13-11-36(12-14-37)24(38)18-39-17-20-7-4-3-5-8-20/h3-10,16,19H,11-15,17-18H2,1-2H3. The Bertz CT molecular complexity index is 1470. The van der Waals surface area contributed by atoms with Crippen molar-refractivity contribution in [2.24, 2.45) is 5.92 Å². The maximum absolute atomic E-state index is 13.4. The second-order valence-corrected chi connectivity index (χ2v) is 10.2. The summed E-state index contributed by atoms with van der Waals surface area (Å²) in [6, 6.07) is 14.6. The first-order valence-electron chi connectivity index (χ1n) is 13.2. The lowest BCUT2D eigenvalue weighted by Crippen LogP contribution is -2.50. The Labute approximate surface area is 229 Å². The van der Waals surface area contributed by atoms with Gasteiger partial charge >= 0.3 is 6.18 Å². The largest absolute Gasteiger partial charge is 0.416 e. The third kappa shape index (κ3) is 6.25. The number of piperazine rings is 1. The summed E-state index contributed by atoms with van der Waals surface area (Å²) in [6.07, 6.45) is -3.90. The first-order valence-corrected chi connectivity index (χ1v) is 13.2. The summed E-state index contributed by atoms with van der Waals surface area (Å²) in [5.41, 5.74) is 0.956. The smallest absolute Gasteiger partial charge is 0.367 e. The molecule has 0 radical (unpaired) electrons. The normalized spacial score (nSPS) is 14.3. The minimum absolute atomic E-state index is 0.0173. The molecule has 5 rings (SSSR count). The number of hydrogen-bond donors (Lipinski definition) is 0. The van der Waals surface area contributed by atoms with E-state index >= 15 is 0 Å². The van der Waals surface area contributed by atoms with E-state index in [1.807, 2.05) is 49.1 Å². The average molecular weight is 554 g/mol. The number of nitrogens with zero attached hydrogens (tertiary/aromatic N) is 5. The molecule has 1 fully saturated rings. The number of ether oxygens (including phenoxy) is 1.